The van der Waals surface area contributed by atoms with Gasteiger partial charge in [0.2, 0.25) is 5.75 Å². The third-order valence-electron chi connectivity index (χ3n) is 2.22. The lowest BCUT2D eigenvalue weighted by atomic mass is 10.1. The maximum atomic E-state index is 11.5. The molecule has 78 valence electrons. The first-order chi connectivity index (χ1) is 7.22. The summed E-state index contributed by atoms with van der Waals surface area (Å²) in [5.74, 6) is 0.274. The second-order valence-corrected chi connectivity index (χ2v) is 3.32. The summed E-state index contributed by atoms with van der Waals surface area (Å²) in [7, 11) is 0. The van der Waals surface area contributed by atoms with E-state index in [1.54, 1.807) is 6.07 Å². The van der Waals surface area contributed by atoms with Gasteiger partial charge in [-0.05, 0) is 25.5 Å². The van der Waals surface area contributed by atoms with Crippen LogP contribution in [0.25, 0.3) is 11.0 Å². The lowest BCUT2D eigenvalue weighted by Gasteiger charge is -2.03. The molecule has 2 rings (SSSR count). The first-order valence-corrected chi connectivity index (χ1v) is 4.88. The van der Waals surface area contributed by atoms with Gasteiger partial charge in [0, 0.05) is 5.39 Å². The number of ether oxygens (including phenoxy) is 1. The van der Waals surface area contributed by atoms with Crippen LogP contribution in [0.3, 0.4) is 0 Å². The number of hydrogen-bond acceptors (Lipinski definition) is 3. The van der Waals surface area contributed by atoms with Crippen LogP contribution in [-0.4, -0.2) is 6.61 Å². The summed E-state index contributed by atoms with van der Waals surface area (Å²) in [6.45, 7) is 4.20. The topological polar surface area (TPSA) is 39.4 Å². The molecule has 15 heavy (non-hydrogen) atoms. The number of aryl methyl sites for hydroxylation is 1. The Hall–Kier alpha value is -1.77. The lowest BCUT2D eigenvalue weighted by Crippen LogP contribution is -2.06. The highest BCUT2D eigenvalue weighted by atomic mass is 16.5. The molecule has 0 unspecified atom stereocenters. The molecule has 0 saturated heterocycles. The van der Waals surface area contributed by atoms with Crippen molar-refractivity contribution in [3.8, 4) is 5.75 Å². The predicted molar refractivity (Wildman–Crippen MR) is 58.4 cm³/mol. The summed E-state index contributed by atoms with van der Waals surface area (Å²) in [6.07, 6.45) is 0. The predicted octanol–water partition coefficient (Wildman–Crippen LogP) is 2.50. The fraction of sp³-hybridized carbons (Fsp3) is 0.250. The third-order valence-corrected chi connectivity index (χ3v) is 2.22. The van der Waals surface area contributed by atoms with E-state index in [0.29, 0.717) is 12.2 Å². The van der Waals surface area contributed by atoms with Crippen LogP contribution in [0, 0.1) is 6.92 Å². The SMILES string of the molecule is CCOc1cc2cccc(C)c2oc1=O. The van der Waals surface area contributed by atoms with Crippen molar-refractivity contribution in [3.63, 3.8) is 0 Å². The molecule has 1 aromatic heterocycles. The van der Waals surface area contributed by atoms with E-state index in [1.807, 2.05) is 32.0 Å². The molecule has 1 aromatic carbocycles. The van der Waals surface area contributed by atoms with Crippen molar-refractivity contribution in [1.29, 1.82) is 0 Å². The monoisotopic (exact) mass is 204 g/mol. The molecule has 0 fully saturated rings. The van der Waals surface area contributed by atoms with Crippen molar-refractivity contribution in [1.82, 2.24) is 0 Å². The highest BCUT2D eigenvalue weighted by molar-refractivity contribution is 5.80. The molecule has 0 N–H and O–H groups in total. The molecule has 0 aliphatic heterocycles. The molecule has 1 heterocycles. The Labute approximate surface area is 87.3 Å². The van der Waals surface area contributed by atoms with Crippen LogP contribution in [0.4, 0.5) is 0 Å². The van der Waals surface area contributed by atoms with Crippen LogP contribution in [-0.2, 0) is 0 Å². The van der Waals surface area contributed by atoms with Gasteiger partial charge in [-0.2, -0.15) is 0 Å². The largest absolute Gasteiger partial charge is 0.487 e. The Bertz CT molecular complexity index is 540. The average molecular weight is 204 g/mol. The van der Waals surface area contributed by atoms with Crippen LogP contribution in [0.2, 0.25) is 0 Å². The first-order valence-electron chi connectivity index (χ1n) is 4.88. The average Bonchev–Trinajstić information content (AvgIpc) is 2.21. The second kappa shape index (κ2) is 3.77. The fourth-order valence-corrected chi connectivity index (χ4v) is 1.53. The molecule has 2 aromatic rings. The van der Waals surface area contributed by atoms with Crippen LogP contribution in [0.5, 0.6) is 5.75 Å². The highest BCUT2D eigenvalue weighted by Crippen LogP contribution is 2.19. The minimum absolute atomic E-state index is 0.274. The Kier molecular flexibility index (Phi) is 2.46. The number of fused-ring (bicyclic) bond motifs is 1. The quantitative estimate of drug-likeness (QED) is 0.705. The summed E-state index contributed by atoms with van der Waals surface area (Å²) in [5.41, 5.74) is 1.16. The van der Waals surface area contributed by atoms with Crippen LogP contribution in [0.1, 0.15) is 12.5 Å². The van der Waals surface area contributed by atoms with Crippen molar-refractivity contribution in [3.05, 3.63) is 40.2 Å². The van der Waals surface area contributed by atoms with Gasteiger partial charge in [-0.15, -0.1) is 0 Å². The molecule has 0 amide bonds. The molecular formula is C12H12O3. The molecule has 0 aliphatic rings. The van der Waals surface area contributed by atoms with Crippen molar-refractivity contribution in [2.45, 2.75) is 13.8 Å². The minimum Gasteiger partial charge on any atom is -0.487 e. The highest BCUT2D eigenvalue weighted by Gasteiger charge is 2.06. The van der Waals surface area contributed by atoms with Crippen molar-refractivity contribution in [2.75, 3.05) is 6.61 Å². The summed E-state index contributed by atoms with van der Waals surface area (Å²) in [6, 6.07) is 7.45. The molecule has 3 nitrogen and oxygen atoms in total. The molecule has 0 radical (unpaired) electrons. The lowest BCUT2D eigenvalue weighted by molar-refractivity contribution is 0.322. The zero-order chi connectivity index (χ0) is 10.8. The van der Waals surface area contributed by atoms with E-state index in [9.17, 15) is 4.79 Å². The van der Waals surface area contributed by atoms with E-state index in [1.165, 1.54) is 0 Å². The molecule has 0 aliphatic carbocycles. The van der Waals surface area contributed by atoms with Crippen LogP contribution < -0.4 is 10.4 Å². The zero-order valence-corrected chi connectivity index (χ0v) is 8.74. The first kappa shape index (κ1) is 9.77. The van der Waals surface area contributed by atoms with Gasteiger partial charge in [0.05, 0.1) is 6.61 Å². The Morgan fingerprint density at radius 1 is 1.40 bits per heavy atom. The Morgan fingerprint density at radius 3 is 2.93 bits per heavy atom. The van der Waals surface area contributed by atoms with E-state index in [-0.39, 0.29) is 5.75 Å². The van der Waals surface area contributed by atoms with Gasteiger partial charge in [0.25, 0.3) is 0 Å². The van der Waals surface area contributed by atoms with E-state index in [0.717, 1.165) is 10.9 Å². The molecule has 0 spiro atoms. The zero-order valence-electron chi connectivity index (χ0n) is 8.74. The second-order valence-electron chi connectivity index (χ2n) is 3.32. The van der Waals surface area contributed by atoms with E-state index in [4.69, 9.17) is 9.15 Å². The summed E-state index contributed by atoms with van der Waals surface area (Å²) in [4.78, 5) is 11.5. The third kappa shape index (κ3) is 1.73. The molecule has 0 bridgehead atoms. The normalized spacial score (nSPS) is 10.5. The Balaban J connectivity index is 2.71. The number of hydrogen-bond donors (Lipinski definition) is 0. The molecule has 0 saturated carbocycles. The van der Waals surface area contributed by atoms with Gasteiger partial charge in [-0.25, -0.2) is 4.79 Å². The number of para-hydroxylation sites is 1. The number of benzene rings is 1. The summed E-state index contributed by atoms with van der Waals surface area (Å²) in [5, 5.41) is 0.887. The molecule has 3 heteroatoms. The van der Waals surface area contributed by atoms with Gasteiger partial charge in [0.1, 0.15) is 5.58 Å². The smallest absolute Gasteiger partial charge is 0.379 e. The van der Waals surface area contributed by atoms with Gasteiger partial charge < -0.3 is 9.15 Å². The number of rotatable bonds is 2. The maximum absolute atomic E-state index is 11.5. The van der Waals surface area contributed by atoms with Gasteiger partial charge in [-0.1, -0.05) is 18.2 Å². The molecular weight excluding hydrogens is 192 g/mol. The maximum Gasteiger partial charge on any atom is 0.379 e. The van der Waals surface area contributed by atoms with Crippen molar-refractivity contribution in [2.24, 2.45) is 0 Å². The van der Waals surface area contributed by atoms with Crippen molar-refractivity contribution >= 4 is 11.0 Å². The standard InChI is InChI=1S/C12H12O3/c1-3-14-10-7-9-6-4-5-8(2)11(9)15-12(10)13/h4-7H,3H2,1-2H3. The van der Waals surface area contributed by atoms with Crippen LogP contribution in [0.15, 0.2) is 33.5 Å². The van der Waals surface area contributed by atoms with Gasteiger partial charge >= 0.3 is 5.63 Å². The summed E-state index contributed by atoms with van der Waals surface area (Å²) >= 11 is 0. The van der Waals surface area contributed by atoms with Crippen LogP contribution >= 0.6 is 0 Å². The fourth-order valence-electron chi connectivity index (χ4n) is 1.53. The molecule has 0 atom stereocenters. The van der Waals surface area contributed by atoms with Gasteiger partial charge in [-0.3, -0.25) is 0 Å². The van der Waals surface area contributed by atoms with Crippen molar-refractivity contribution < 1.29 is 9.15 Å². The van der Waals surface area contributed by atoms with E-state index in [2.05, 4.69) is 0 Å². The van der Waals surface area contributed by atoms with E-state index < -0.39 is 5.63 Å². The van der Waals surface area contributed by atoms with Gasteiger partial charge in [0.15, 0.2) is 0 Å². The summed E-state index contributed by atoms with van der Waals surface area (Å²) < 4.78 is 10.4. The van der Waals surface area contributed by atoms with E-state index >= 15 is 0 Å². The Morgan fingerprint density at radius 2 is 2.20 bits per heavy atom. The minimum atomic E-state index is -0.418.